The molecule has 82 valence electrons. The molecule has 2 rings (SSSR count). The molecule has 2 heteroatoms. The number of nitrogens with zero attached hydrogens (tertiary/aromatic N) is 1. The molecule has 0 aliphatic rings. The Bertz CT molecular complexity index is 472. The van der Waals surface area contributed by atoms with E-state index in [9.17, 15) is 0 Å². The SMILES string of the molecule is CC(C)c1ccc(-c2cncc(N)c2)cc1. The van der Waals surface area contributed by atoms with Crippen molar-refractivity contribution in [2.75, 3.05) is 5.73 Å². The second kappa shape index (κ2) is 4.35. The lowest BCUT2D eigenvalue weighted by atomic mass is 9.99. The van der Waals surface area contributed by atoms with E-state index >= 15 is 0 Å². The Labute approximate surface area is 96.1 Å². The van der Waals surface area contributed by atoms with Gasteiger partial charge in [0.15, 0.2) is 0 Å². The van der Waals surface area contributed by atoms with Crippen LogP contribution in [0.25, 0.3) is 11.1 Å². The van der Waals surface area contributed by atoms with Gasteiger partial charge in [-0.2, -0.15) is 0 Å². The topological polar surface area (TPSA) is 38.9 Å². The number of hydrogen-bond acceptors (Lipinski definition) is 2. The van der Waals surface area contributed by atoms with Crippen LogP contribution in [0.3, 0.4) is 0 Å². The van der Waals surface area contributed by atoms with Gasteiger partial charge in [-0.15, -0.1) is 0 Å². The molecule has 16 heavy (non-hydrogen) atoms. The minimum atomic E-state index is 0.563. The van der Waals surface area contributed by atoms with Gasteiger partial charge in [0.05, 0.1) is 5.69 Å². The summed E-state index contributed by atoms with van der Waals surface area (Å²) in [6, 6.07) is 10.5. The van der Waals surface area contributed by atoms with Gasteiger partial charge in [0.25, 0.3) is 0 Å². The van der Waals surface area contributed by atoms with Crippen LogP contribution in [0, 0.1) is 0 Å². The van der Waals surface area contributed by atoms with Gasteiger partial charge < -0.3 is 5.73 Å². The van der Waals surface area contributed by atoms with Crippen LogP contribution in [0.2, 0.25) is 0 Å². The first kappa shape index (κ1) is 10.7. The third kappa shape index (κ3) is 2.22. The lowest BCUT2D eigenvalue weighted by Crippen LogP contribution is -1.89. The van der Waals surface area contributed by atoms with Crippen molar-refractivity contribution in [3.8, 4) is 11.1 Å². The highest BCUT2D eigenvalue weighted by Crippen LogP contribution is 2.23. The molecule has 0 saturated heterocycles. The summed E-state index contributed by atoms with van der Waals surface area (Å²) in [5.41, 5.74) is 9.98. The van der Waals surface area contributed by atoms with Gasteiger partial charge in [0, 0.05) is 18.0 Å². The van der Waals surface area contributed by atoms with E-state index < -0.39 is 0 Å². The van der Waals surface area contributed by atoms with E-state index in [1.807, 2.05) is 12.3 Å². The van der Waals surface area contributed by atoms with Crippen molar-refractivity contribution < 1.29 is 0 Å². The van der Waals surface area contributed by atoms with E-state index in [4.69, 9.17) is 5.73 Å². The van der Waals surface area contributed by atoms with Crippen molar-refractivity contribution in [3.63, 3.8) is 0 Å². The minimum Gasteiger partial charge on any atom is -0.397 e. The fourth-order valence-electron chi connectivity index (χ4n) is 1.68. The van der Waals surface area contributed by atoms with Crippen LogP contribution in [0.1, 0.15) is 25.3 Å². The first-order valence-electron chi connectivity index (χ1n) is 5.47. The largest absolute Gasteiger partial charge is 0.397 e. The number of benzene rings is 1. The Kier molecular flexibility index (Phi) is 2.91. The highest BCUT2D eigenvalue weighted by molar-refractivity contribution is 5.66. The number of aromatic nitrogens is 1. The van der Waals surface area contributed by atoms with E-state index in [-0.39, 0.29) is 0 Å². The van der Waals surface area contributed by atoms with Crippen molar-refractivity contribution in [3.05, 3.63) is 48.3 Å². The number of pyridine rings is 1. The fourth-order valence-corrected chi connectivity index (χ4v) is 1.68. The van der Waals surface area contributed by atoms with E-state index in [1.54, 1.807) is 6.20 Å². The molecule has 0 bridgehead atoms. The zero-order valence-corrected chi connectivity index (χ0v) is 9.64. The Morgan fingerprint density at radius 2 is 1.69 bits per heavy atom. The molecule has 0 aliphatic carbocycles. The third-order valence-electron chi connectivity index (χ3n) is 2.67. The van der Waals surface area contributed by atoms with E-state index in [2.05, 4.69) is 43.1 Å². The molecule has 1 aromatic carbocycles. The van der Waals surface area contributed by atoms with Crippen molar-refractivity contribution in [1.29, 1.82) is 0 Å². The van der Waals surface area contributed by atoms with Gasteiger partial charge in [-0.1, -0.05) is 38.1 Å². The molecular weight excluding hydrogens is 196 g/mol. The van der Waals surface area contributed by atoms with Crippen LogP contribution in [-0.4, -0.2) is 4.98 Å². The molecule has 0 atom stereocenters. The maximum Gasteiger partial charge on any atom is 0.0506 e. The highest BCUT2D eigenvalue weighted by atomic mass is 14.7. The van der Waals surface area contributed by atoms with Crippen molar-refractivity contribution >= 4 is 5.69 Å². The number of nitrogen functional groups attached to an aromatic ring is 1. The summed E-state index contributed by atoms with van der Waals surface area (Å²) < 4.78 is 0. The quantitative estimate of drug-likeness (QED) is 0.828. The van der Waals surface area contributed by atoms with Gasteiger partial charge in [-0.25, -0.2) is 0 Å². The van der Waals surface area contributed by atoms with Gasteiger partial charge in [0.2, 0.25) is 0 Å². The molecule has 2 N–H and O–H groups in total. The molecule has 1 heterocycles. The molecular formula is C14H16N2. The Morgan fingerprint density at radius 1 is 1.00 bits per heavy atom. The second-order valence-electron chi connectivity index (χ2n) is 4.28. The maximum atomic E-state index is 5.71. The average molecular weight is 212 g/mol. The zero-order chi connectivity index (χ0) is 11.5. The number of rotatable bonds is 2. The lowest BCUT2D eigenvalue weighted by molar-refractivity contribution is 0.867. The summed E-state index contributed by atoms with van der Waals surface area (Å²) in [6.07, 6.45) is 3.49. The van der Waals surface area contributed by atoms with Crippen molar-refractivity contribution in [2.24, 2.45) is 0 Å². The van der Waals surface area contributed by atoms with Gasteiger partial charge in [-0.3, -0.25) is 4.98 Å². The standard InChI is InChI=1S/C14H16N2/c1-10(2)11-3-5-12(6-4-11)13-7-14(15)9-16-8-13/h3-10H,15H2,1-2H3. The zero-order valence-electron chi connectivity index (χ0n) is 9.64. The lowest BCUT2D eigenvalue weighted by Gasteiger charge is -2.07. The van der Waals surface area contributed by atoms with E-state index in [0.29, 0.717) is 11.6 Å². The van der Waals surface area contributed by atoms with Crippen LogP contribution in [-0.2, 0) is 0 Å². The molecule has 0 aliphatic heterocycles. The van der Waals surface area contributed by atoms with Gasteiger partial charge >= 0.3 is 0 Å². The molecule has 2 nitrogen and oxygen atoms in total. The fraction of sp³-hybridized carbons (Fsp3) is 0.214. The van der Waals surface area contributed by atoms with Crippen molar-refractivity contribution in [2.45, 2.75) is 19.8 Å². The summed E-state index contributed by atoms with van der Waals surface area (Å²) in [4.78, 5) is 4.09. The summed E-state index contributed by atoms with van der Waals surface area (Å²) >= 11 is 0. The summed E-state index contributed by atoms with van der Waals surface area (Å²) in [6.45, 7) is 4.38. The third-order valence-corrected chi connectivity index (χ3v) is 2.67. The maximum absolute atomic E-state index is 5.71. The summed E-state index contributed by atoms with van der Waals surface area (Å²) in [5.74, 6) is 0.563. The molecule has 0 spiro atoms. The molecule has 0 unspecified atom stereocenters. The van der Waals surface area contributed by atoms with Gasteiger partial charge in [0.1, 0.15) is 0 Å². The van der Waals surface area contributed by atoms with Gasteiger partial charge in [-0.05, 0) is 23.1 Å². The molecule has 0 amide bonds. The number of nitrogens with two attached hydrogens (primary N) is 1. The van der Waals surface area contributed by atoms with E-state index in [0.717, 1.165) is 11.1 Å². The highest BCUT2D eigenvalue weighted by Gasteiger charge is 2.01. The number of hydrogen-bond donors (Lipinski definition) is 1. The predicted octanol–water partition coefficient (Wildman–Crippen LogP) is 3.45. The molecule has 2 aromatic rings. The van der Waals surface area contributed by atoms with Crippen molar-refractivity contribution in [1.82, 2.24) is 4.98 Å². The van der Waals surface area contributed by atoms with Crippen LogP contribution < -0.4 is 5.73 Å². The van der Waals surface area contributed by atoms with E-state index in [1.165, 1.54) is 5.56 Å². The van der Waals surface area contributed by atoms with Crippen LogP contribution in [0.5, 0.6) is 0 Å². The Hall–Kier alpha value is -1.83. The Morgan fingerprint density at radius 3 is 2.25 bits per heavy atom. The average Bonchev–Trinajstić information content (AvgIpc) is 2.29. The van der Waals surface area contributed by atoms with Crippen LogP contribution >= 0.6 is 0 Å². The molecule has 0 radical (unpaired) electrons. The summed E-state index contributed by atoms with van der Waals surface area (Å²) in [7, 11) is 0. The predicted molar refractivity (Wildman–Crippen MR) is 68.2 cm³/mol. The second-order valence-corrected chi connectivity index (χ2v) is 4.28. The van der Waals surface area contributed by atoms with Crippen LogP contribution in [0.15, 0.2) is 42.7 Å². The Balaban J connectivity index is 2.35. The smallest absolute Gasteiger partial charge is 0.0506 e. The minimum absolute atomic E-state index is 0.563. The summed E-state index contributed by atoms with van der Waals surface area (Å²) in [5, 5.41) is 0. The van der Waals surface area contributed by atoms with Crippen LogP contribution in [0.4, 0.5) is 5.69 Å². The monoisotopic (exact) mass is 212 g/mol. The first-order chi connectivity index (χ1) is 7.66. The molecule has 1 aromatic heterocycles. The molecule has 0 fully saturated rings. The normalized spacial score (nSPS) is 10.7. The first-order valence-corrected chi connectivity index (χ1v) is 5.47. The molecule has 0 saturated carbocycles. The number of anilines is 1.